The zero-order valence-corrected chi connectivity index (χ0v) is 12.5. The molecule has 0 bridgehead atoms. The summed E-state index contributed by atoms with van der Waals surface area (Å²) < 4.78 is 19.2. The summed E-state index contributed by atoms with van der Waals surface area (Å²) in [5.41, 5.74) is 0.926. The fourth-order valence-electron chi connectivity index (χ4n) is 2.43. The van der Waals surface area contributed by atoms with Crippen LogP contribution < -0.4 is 10.1 Å². The van der Waals surface area contributed by atoms with Crippen molar-refractivity contribution in [1.29, 1.82) is 0 Å². The number of nitrogens with zero attached hydrogens (tertiary/aromatic N) is 1. The second kappa shape index (κ2) is 7.60. The van der Waals surface area contributed by atoms with Crippen LogP contribution in [0.1, 0.15) is 32.3 Å². The Kier molecular flexibility index (Phi) is 5.80. The molecule has 0 spiro atoms. The molecule has 1 aliphatic rings. The maximum absolute atomic E-state index is 13.6. The average Bonchev–Trinajstić information content (AvgIpc) is 2.89. The third-order valence-electron chi connectivity index (χ3n) is 3.52. The van der Waals surface area contributed by atoms with Crippen molar-refractivity contribution in [3.8, 4) is 5.75 Å². The van der Waals surface area contributed by atoms with Crippen molar-refractivity contribution in [1.82, 2.24) is 10.2 Å². The Balaban J connectivity index is 1.83. The molecule has 3 nitrogen and oxygen atoms in total. The van der Waals surface area contributed by atoms with Gasteiger partial charge in [-0.3, -0.25) is 4.90 Å². The smallest absolute Gasteiger partial charge is 0.127 e. The van der Waals surface area contributed by atoms with Gasteiger partial charge in [-0.1, -0.05) is 13.8 Å². The van der Waals surface area contributed by atoms with E-state index in [1.54, 1.807) is 6.07 Å². The van der Waals surface area contributed by atoms with Gasteiger partial charge in [0.15, 0.2) is 0 Å². The van der Waals surface area contributed by atoms with Crippen LogP contribution in [0.3, 0.4) is 0 Å². The van der Waals surface area contributed by atoms with Crippen LogP contribution in [-0.2, 0) is 6.54 Å². The number of ether oxygens (including phenoxy) is 1. The predicted octanol–water partition coefficient (Wildman–Crippen LogP) is 2.80. The van der Waals surface area contributed by atoms with Gasteiger partial charge < -0.3 is 10.1 Å². The van der Waals surface area contributed by atoms with Gasteiger partial charge in [0, 0.05) is 25.2 Å². The Hall–Kier alpha value is -1.13. The van der Waals surface area contributed by atoms with Gasteiger partial charge in [0.1, 0.15) is 18.2 Å². The van der Waals surface area contributed by atoms with E-state index >= 15 is 0 Å². The van der Waals surface area contributed by atoms with Crippen molar-refractivity contribution in [2.45, 2.75) is 39.3 Å². The van der Waals surface area contributed by atoms with Crippen molar-refractivity contribution < 1.29 is 9.13 Å². The summed E-state index contributed by atoms with van der Waals surface area (Å²) >= 11 is 0. The molecule has 1 aliphatic heterocycles. The Morgan fingerprint density at radius 1 is 1.25 bits per heavy atom. The number of halogens is 1. The molecule has 0 atom stereocenters. The first kappa shape index (κ1) is 15.3. The molecule has 1 saturated heterocycles. The van der Waals surface area contributed by atoms with E-state index in [1.165, 1.54) is 18.9 Å². The van der Waals surface area contributed by atoms with Crippen LogP contribution in [0.2, 0.25) is 0 Å². The molecule has 1 aromatic rings. The summed E-state index contributed by atoms with van der Waals surface area (Å²) in [6.45, 7) is 8.69. The van der Waals surface area contributed by atoms with Gasteiger partial charge in [-0.2, -0.15) is 0 Å². The Labute approximate surface area is 121 Å². The Morgan fingerprint density at radius 2 is 2.00 bits per heavy atom. The van der Waals surface area contributed by atoms with E-state index < -0.39 is 0 Å². The normalized spacial score (nSPS) is 16.0. The maximum Gasteiger partial charge on any atom is 0.127 e. The quantitative estimate of drug-likeness (QED) is 0.831. The van der Waals surface area contributed by atoms with Gasteiger partial charge in [-0.25, -0.2) is 4.39 Å². The minimum atomic E-state index is -0.232. The Morgan fingerprint density at radius 3 is 2.70 bits per heavy atom. The highest BCUT2D eigenvalue weighted by atomic mass is 19.1. The van der Waals surface area contributed by atoms with Crippen molar-refractivity contribution in [3.05, 3.63) is 29.6 Å². The first-order valence-electron chi connectivity index (χ1n) is 7.51. The third kappa shape index (κ3) is 5.10. The highest BCUT2D eigenvalue weighted by Gasteiger charge is 2.11. The van der Waals surface area contributed by atoms with Crippen molar-refractivity contribution in [3.63, 3.8) is 0 Å². The lowest BCUT2D eigenvalue weighted by atomic mass is 10.2. The van der Waals surface area contributed by atoms with Gasteiger partial charge in [0.25, 0.3) is 0 Å². The molecule has 1 heterocycles. The van der Waals surface area contributed by atoms with Crippen LogP contribution in [0, 0.1) is 5.82 Å². The molecular formula is C16H25FN2O. The number of hydrogen-bond acceptors (Lipinski definition) is 3. The van der Waals surface area contributed by atoms with Crippen LogP contribution in [0.5, 0.6) is 5.75 Å². The molecule has 20 heavy (non-hydrogen) atoms. The third-order valence-corrected chi connectivity index (χ3v) is 3.52. The zero-order chi connectivity index (χ0) is 14.4. The molecule has 1 aromatic carbocycles. The van der Waals surface area contributed by atoms with Gasteiger partial charge in [0.05, 0.1) is 0 Å². The molecule has 2 rings (SSSR count). The van der Waals surface area contributed by atoms with Gasteiger partial charge >= 0.3 is 0 Å². The summed E-state index contributed by atoms with van der Waals surface area (Å²) in [7, 11) is 0. The highest BCUT2D eigenvalue weighted by Crippen LogP contribution is 2.17. The molecule has 0 amide bonds. The average molecular weight is 280 g/mol. The summed E-state index contributed by atoms with van der Waals surface area (Å²) in [6, 6.07) is 5.33. The van der Waals surface area contributed by atoms with E-state index in [9.17, 15) is 4.39 Å². The molecule has 0 aromatic heterocycles. The minimum Gasteiger partial charge on any atom is -0.492 e. The zero-order valence-electron chi connectivity index (χ0n) is 12.5. The molecule has 0 radical (unpaired) electrons. The second-order valence-corrected chi connectivity index (χ2v) is 5.73. The number of hydrogen-bond donors (Lipinski definition) is 1. The maximum atomic E-state index is 13.6. The molecule has 4 heteroatoms. The van der Waals surface area contributed by atoms with Crippen molar-refractivity contribution in [2.75, 3.05) is 26.2 Å². The lowest BCUT2D eigenvalue weighted by molar-refractivity contribution is 0.237. The fourth-order valence-corrected chi connectivity index (χ4v) is 2.43. The van der Waals surface area contributed by atoms with E-state index in [2.05, 4.69) is 24.1 Å². The fraction of sp³-hybridized carbons (Fsp3) is 0.625. The topological polar surface area (TPSA) is 24.5 Å². The summed E-state index contributed by atoms with van der Waals surface area (Å²) in [5.74, 6) is 0.397. The van der Waals surface area contributed by atoms with E-state index in [0.29, 0.717) is 24.9 Å². The van der Waals surface area contributed by atoms with Gasteiger partial charge in [-0.05, 0) is 43.6 Å². The Bertz CT molecular complexity index is 417. The van der Waals surface area contributed by atoms with E-state index in [4.69, 9.17) is 4.74 Å². The van der Waals surface area contributed by atoms with Crippen molar-refractivity contribution >= 4 is 0 Å². The molecule has 112 valence electrons. The van der Waals surface area contributed by atoms with E-state index in [0.717, 1.165) is 25.2 Å². The monoisotopic (exact) mass is 280 g/mol. The number of nitrogens with one attached hydrogen (secondary N) is 1. The second-order valence-electron chi connectivity index (χ2n) is 5.73. The highest BCUT2D eigenvalue weighted by molar-refractivity contribution is 5.29. The summed E-state index contributed by atoms with van der Waals surface area (Å²) in [5, 5.41) is 3.29. The largest absolute Gasteiger partial charge is 0.492 e. The van der Waals surface area contributed by atoms with Crippen LogP contribution in [0.15, 0.2) is 18.2 Å². The van der Waals surface area contributed by atoms with Gasteiger partial charge in [0.2, 0.25) is 0 Å². The SMILES string of the molecule is CC(C)NCc1cc(F)cc(OCCN2CCCC2)c1. The molecule has 0 saturated carbocycles. The van der Waals surface area contributed by atoms with Crippen LogP contribution in [-0.4, -0.2) is 37.2 Å². The molecule has 0 aliphatic carbocycles. The number of benzene rings is 1. The van der Waals surface area contributed by atoms with Crippen LogP contribution in [0.25, 0.3) is 0 Å². The van der Waals surface area contributed by atoms with E-state index in [-0.39, 0.29) is 5.82 Å². The first-order valence-corrected chi connectivity index (χ1v) is 7.51. The molecule has 1 N–H and O–H groups in total. The van der Waals surface area contributed by atoms with Gasteiger partial charge in [-0.15, -0.1) is 0 Å². The lowest BCUT2D eigenvalue weighted by Crippen LogP contribution is -2.25. The molecule has 1 fully saturated rings. The molecule has 0 unspecified atom stereocenters. The summed E-state index contributed by atoms with van der Waals surface area (Å²) in [6.07, 6.45) is 2.57. The van der Waals surface area contributed by atoms with Crippen molar-refractivity contribution in [2.24, 2.45) is 0 Å². The standard InChI is InChI=1S/C16H25FN2O/c1-13(2)18-12-14-9-15(17)11-16(10-14)20-8-7-19-5-3-4-6-19/h9-11,13,18H,3-8,12H2,1-2H3. The number of likely N-dealkylation sites (tertiary alicyclic amines) is 1. The lowest BCUT2D eigenvalue weighted by Gasteiger charge is -2.15. The number of rotatable bonds is 7. The molecular weight excluding hydrogens is 255 g/mol. The van der Waals surface area contributed by atoms with Crippen LogP contribution in [0.4, 0.5) is 4.39 Å². The first-order chi connectivity index (χ1) is 9.63. The minimum absolute atomic E-state index is 0.232. The summed E-state index contributed by atoms with van der Waals surface area (Å²) in [4.78, 5) is 2.39. The predicted molar refractivity (Wildman–Crippen MR) is 79.5 cm³/mol. The van der Waals surface area contributed by atoms with Crippen LogP contribution >= 0.6 is 0 Å². The van der Waals surface area contributed by atoms with E-state index in [1.807, 2.05) is 6.07 Å².